The first kappa shape index (κ1) is 17.1. The first-order valence-electron chi connectivity index (χ1n) is 8.03. The van der Waals surface area contributed by atoms with E-state index in [0.29, 0.717) is 17.5 Å². The summed E-state index contributed by atoms with van der Waals surface area (Å²) in [5.74, 6) is 0.361. The van der Waals surface area contributed by atoms with Gasteiger partial charge in [0.25, 0.3) is 11.1 Å². The van der Waals surface area contributed by atoms with E-state index in [1.54, 1.807) is 6.20 Å². The molecule has 0 spiro atoms. The van der Waals surface area contributed by atoms with Gasteiger partial charge in [0, 0.05) is 23.1 Å². The van der Waals surface area contributed by atoms with E-state index in [0.717, 1.165) is 28.2 Å². The van der Waals surface area contributed by atoms with Crippen molar-refractivity contribution in [2.75, 3.05) is 17.3 Å². The highest BCUT2D eigenvalue weighted by molar-refractivity contribution is 7.99. The van der Waals surface area contributed by atoms with Crippen LogP contribution >= 0.6 is 11.8 Å². The molecule has 0 radical (unpaired) electrons. The molecule has 0 unspecified atom stereocenters. The molecule has 136 valence electrons. The summed E-state index contributed by atoms with van der Waals surface area (Å²) in [7, 11) is -3.01. The van der Waals surface area contributed by atoms with Crippen LogP contribution in [0.2, 0.25) is 0 Å². The number of sulfone groups is 1. The summed E-state index contributed by atoms with van der Waals surface area (Å²) >= 11 is 1.12. The number of benzene rings is 1. The molecular weight excluding hydrogens is 376 g/mol. The van der Waals surface area contributed by atoms with Crippen LogP contribution in [-0.4, -0.2) is 52.8 Å². The van der Waals surface area contributed by atoms with Crippen LogP contribution in [0.5, 0.6) is 0 Å². The fourth-order valence-corrected chi connectivity index (χ4v) is 5.18. The zero-order valence-electron chi connectivity index (χ0n) is 13.6. The number of hydrogen-bond donors (Lipinski definition) is 2. The lowest BCUT2D eigenvalue weighted by Gasteiger charge is -2.09. The van der Waals surface area contributed by atoms with Crippen LogP contribution < -0.4 is 5.32 Å². The Morgan fingerprint density at radius 1 is 1.35 bits per heavy atom. The van der Waals surface area contributed by atoms with E-state index in [-0.39, 0.29) is 29.2 Å². The van der Waals surface area contributed by atoms with Gasteiger partial charge in [-0.2, -0.15) is 0 Å². The average molecular weight is 392 g/mol. The van der Waals surface area contributed by atoms with Gasteiger partial charge in [0.1, 0.15) is 0 Å². The molecule has 8 nitrogen and oxygen atoms in total. The van der Waals surface area contributed by atoms with E-state index < -0.39 is 9.84 Å². The van der Waals surface area contributed by atoms with E-state index in [4.69, 9.17) is 4.42 Å². The average Bonchev–Trinajstić information content (AvgIpc) is 3.31. The molecule has 1 saturated heterocycles. The van der Waals surface area contributed by atoms with Crippen LogP contribution in [0.1, 0.15) is 6.42 Å². The maximum absolute atomic E-state index is 12.0. The van der Waals surface area contributed by atoms with Crippen LogP contribution in [0.25, 0.3) is 22.4 Å². The van der Waals surface area contributed by atoms with Gasteiger partial charge < -0.3 is 14.7 Å². The Labute approximate surface area is 153 Å². The minimum absolute atomic E-state index is 0.00861. The summed E-state index contributed by atoms with van der Waals surface area (Å²) in [4.78, 5) is 15.1. The molecule has 2 N–H and O–H groups in total. The molecule has 1 aliphatic rings. The van der Waals surface area contributed by atoms with Crippen molar-refractivity contribution in [3.05, 3.63) is 30.5 Å². The zero-order valence-corrected chi connectivity index (χ0v) is 15.3. The summed E-state index contributed by atoms with van der Waals surface area (Å²) < 4.78 is 28.5. The van der Waals surface area contributed by atoms with Gasteiger partial charge in [-0.05, 0) is 12.5 Å². The number of nitrogens with one attached hydrogen (secondary N) is 2. The number of thioether (sulfide) groups is 1. The molecule has 3 aromatic rings. The quantitative estimate of drug-likeness (QED) is 0.633. The normalized spacial score (nSPS) is 19.0. The second-order valence-electron chi connectivity index (χ2n) is 6.08. The number of hydrogen-bond acceptors (Lipinski definition) is 7. The summed E-state index contributed by atoms with van der Waals surface area (Å²) in [5.41, 5.74) is 1.78. The highest BCUT2D eigenvalue weighted by Gasteiger charge is 2.28. The van der Waals surface area contributed by atoms with Gasteiger partial charge in [-0.15, -0.1) is 10.2 Å². The van der Waals surface area contributed by atoms with Crippen LogP contribution in [0, 0.1) is 0 Å². The number of aromatic amines is 1. The molecule has 1 amide bonds. The summed E-state index contributed by atoms with van der Waals surface area (Å²) in [6.07, 6.45) is 2.27. The SMILES string of the molecule is O=C(CSc1nnc(-c2c[nH]c3ccccc23)o1)N[C@@H]1CCS(=O)(=O)C1. The van der Waals surface area contributed by atoms with Crippen molar-refractivity contribution in [1.29, 1.82) is 0 Å². The van der Waals surface area contributed by atoms with Gasteiger partial charge in [0.15, 0.2) is 9.84 Å². The number of aromatic nitrogens is 3. The van der Waals surface area contributed by atoms with Crippen LogP contribution in [-0.2, 0) is 14.6 Å². The Morgan fingerprint density at radius 2 is 2.19 bits per heavy atom. The van der Waals surface area contributed by atoms with Crippen molar-refractivity contribution in [1.82, 2.24) is 20.5 Å². The number of H-pyrrole nitrogens is 1. The molecule has 1 aromatic carbocycles. The summed E-state index contributed by atoms with van der Waals surface area (Å²) in [6, 6.07) is 7.47. The Kier molecular flexibility index (Phi) is 4.45. The highest BCUT2D eigenvalue weighted by atomic mass is 32.2. The predicted molar refractivity (Wildman–Crippen MR) is 97.5 cm³/mol. The lowest BCUT2D eigenvalue weighted by Crippen LogP contribution is -2.36. The standard InChI is InChI=1S/C16H16N4O4S2/c21-14(18-10-5-6-26(22,23)9-10)8-25-16-20-19-15(24-16)12-7-17-13-4-2-1-3-11(12)13/h1-4,7,10,17H,5-6,8-9H2,(H,18,21)/t10-/m1/s1. The molecule has 0 saturated carbocycles. The fourth-order valence-electron chi connectivity index (χ4n) is 2.93. The minimum atomic E-state index is -3.01. The maximum Gasteiger partial charge on any atom is 0.277 e. The molecule has 26 heavy (non-hydrogen) atoms. The molecule has 2 aromatic heterocycles. The number of para-hydroxylation sites is 1. The third-order valence-electron chi connectivity index (χ3n) is 4.15. The number of carbonyl (C=O) groups is 1. The molecule has 1 aliphatic heterocycles. The van der Waals surface area contributed by atoms with Gasteiger partial charge >= 0.3 is 0 Å². The van der Waals surface area contributed by atoms with Gasteiger partial charge in [0.05, 0.1) is 22.8 Å². The van der Waals surface area contributed by atoms with Crippen molar-refractivity contribution < 1.29 is 17.6 Å². The number of carbonyl (C=O) groups excluding carboxylic acids is 1. The zero-order chi connectivity index (χ0) is 18.1. The summed E-state index contributed by atoms with van der Waals surface area (Å²) in [5, 5.41) is 12.0. The van der Waals surface area contributed by atoms with E-state index >= 15 is 0 Å². The topological polar surface area (TPSA) is 118 Å². The first-order valence-corrected chi connectivity index (χ1v) is 10.8. The van der Waals surface area contributed by atoms with Gasteiger partial charge in [-0.1, -0.05) is 30.0 Å². The molecular formula is C16H16N4O4S2. The van der Waals surface area contributed by atoms with Crippen LogP contribution in [0.3, 0.4) is 0 Å². The van der Waals surface area contributed by atoms with Gasteiger partial charge in [-0.25, -0.2) is 8.42 Å². The third kappa shape index (κ3) is 3.61. The third-order valence-corrected chi connectivity index (χ3v) is 6.74. The van der Waals surface area contributed by atoms with Crippen molar-refractivity contribution in [2.45, 2.75) is 17.7 Å². The summed E-state index contributed by atoms with van der Waals surface area (Å²) in [6.45, 7) is 0. The van der Waals surface area contributed by atoms with Crippen LogP contribution in [0.15, 0.2) is 40.1 Å². The minimum Gasteiger partial charge on any atom is -0.411 e. The molecule has 4 rings (SSSR count). The van der Waals surface area contributed by atoms with Crippen molar-refractivity contribution in [3.8, 4) is 11.5 Å². The second-order valence-corrected chi connectivity index (χ2v) is 9.23. The Balaban J connectivity index is 1.37. The van der Waals surface area contributed by atoms with E-state index in [2.05, 4.69) is 20.5 Å². The van der Waals surface area contributed by atoms with E-state index in [1.807, 2.05) is 24.3 Å². The van der Waals surface area contributed by atoms with Crippen molar-refractivity contribution in [3.63, 3.8) is 0 Å². The molecule has 10 heteroatoms. The van der Waals surface area contributed by atoms with Crippen molar-refractivity contribution >= 4 is 38.4 Å². The van der Waals surface area contributed by atoms with Crippen molar-refractivity contribution in [2.24, 2.45) is 0 Å². The fraction of sp³-hybridized carbons (Fsp3) is 0.312. The van der Waals surface area contributed by atoms with E-state index in [9.17, 15) is 13.2 Å². The lowest BCUT2D eigenvalue weighted by atomic mass is 10.2. The second kappa shape index (κ2) is 6.76. The van der Waals surface area contributed by atoms with E-state index in [1.165, 1.54) is 0 Å². The molecule has 3 heterocycles. The molecule has 0 bridgehead atoms. The monoisotopic (exact) mass is 392 g/mol. The Morgan fingerprint density at radius 3 is 3.00 bits per heavy atom. The lowest BCUT2D eigenvalue weighted by molar-refractivity contribution is -0.119. The number of nitrogens with zero attached hydrogens (tertiary/aromatic N) is 2. The van der Waals surface area contributed by atoms with Crippen LogP contribution in [0.4, 0.5) is 0 Å². The Bertz CT molecular complexity index is 1060. The van der Waals surface area contributed by atoms with Gasteiger partial charge in [-0.3, -0.25) is 4.79 Å². The molecule has 0 aliphatic carbocycles. The predicted octanol–water partition coefficient (Wildman–Crippen LogP) is 1.61. The largest absolute Gasteiger partial charge is 0.411 e. The van der Waals surface area contributed by atoms with Gasteiger partial charge in [0.2, 0.25) is 5.91 Å². The number of amides is 1. The molecule has 1 fully saturated rings. The Hall–Kier alpha value is -2.33. The maximum atomic E-state index is 12.0. The molecule has 1 atom stereocenters. The smallest absolute Gasteiger partial charge is 0.277 e. The highest BCUT2D eigenvalue weighted by Crippen LogP contribution is 2.29. The first-order chi connectivity index (χ1) is 12.5. The number of rotatable bonds is 5. The number of fused-ring (bicyclic) bond motifs is 1.